The molecule has 0 bridgehead atoms. The molecule has 1 aliphatic heterocycles. The number of ether oxygens (including phenoxy) is 2. The summed E-state index contributed by atoms with van der Waals surface area (Å²) in [5.74, 6) is 1.51. The van der Waals surface area contributed by atoms with Crippen LogP contribution >= 0.6 is 0 Å². The fraction of sp³-hybridized carbons (Fsp3) is 0.353. The molecule has 1 saturated heterocycles. The van der Waals surface area contributed by atoms with Gasteiger partial charge in [-0.25, -0.2) is 0 Å². The number of aromatic amines is 1. The van der Waals surface area contributed by atoms with Gasteiger partial charge in [-0.3, -0.25) is 15.2 Å². The SMILES string of the molecule is COc1cccc2c1ccn2CC(=O)Nc1n[nH]c([C@H]2CCCO2)n1. The lowest BCUT2D eigenvalue weighted by Gasteiger charge is -2.06. The molecule has 1 aromatic carbocycles. The Labute approximate surface area is 144 Å². The van der Waals surface area contributed by atoms with Crippen LogP contribution in [0.3, 0.4) is 0 Å². The number of H-pyrrole nitrogens is 1. The molecule has 3 aromatic rings. The van der Waals surface area contributed by atoms with Gasteiger partial charge in [0.05, 0.1) is 12.6 Å². The zero-order valence-corrected chi connectivity index (χ0v) is 13.9. The third-order valence-electron chi connectivity index (χ3n) is 4.30. The molecule has 0 saturated carbocycles. The number of hydrogen-bond donors (Lipinski definition) is 2. The Hall–Kier alpha value is -2.87. The first-order valence-corrected chi connectivity index (χ1v) is 8.20. The number of anilines is 1. The van der Waals surface area contributed by atoms with Crippen molar-refractivity contribution in [2.24, 2.45) is 0 Å². The van der Waals surface area contributed by atoms with Crippen molar-refractivity contribution < 1.29 is 14.3 Å². The smallest absolute Gasteiger partial charge is 0.248 e. The molecule has 4 rings (SSSR count). The maximum atomic E-state index is 12.3. The number of nitrogens with zero attached hydrogens (tertiary/aromatic N) is 3. The van der Waals surface area contributed by atoms with Gasteiger partial charge in [0.15, 0.2) is 5.82 Å². The van der Waals surface area contributed by atoms with Crippen LogP contribution in [-0.4, -0.2) is 39.4 Å². The molecular weight excluding hydrogens is 322 g/mol. The monoisotopic (exact) mass is 341 g/mol. The van der Waals surface area contributed by atoms with E-state index in [1.165, 1.54) is 0 Å². The quantitative estimate of drug-likeness (QED) is 0.742. The number of methoxy groups -OCH3 is 1. The lowest BCUT2D eigenvalue weighted by Crippen LogP contribution is -2.19. The van der Waals surface area contributed by atoms with Crippen LogP contribution in [0.1, 0.15) is 24.8 Å². The predicted molar refractivity (Wildman–Crippen MR) is 91.4 cm³/mol. The third kappa shape index (κ3) is 3.08. The fourth-order valence-electron chi connectivity index (χ4n) is 3.10. The molecule has 0 aliphatic carbocycles. The van der Waals surface area contributed by atoms with Crippen molar-refractivity contribution in [2.45, 2.75) is 25.5 Å². The summed E-state index contributed by atoms with van der Waals surface area (Å²) in [6, 6.07) is 7.68. The molecule has 1 atom stereocenters. The van der Waals surface area contributed by atoms with Gasteiger partial charge in [-0.15, -0.1) is 5.10 Å². The van der Waals surface area contributed by atoms with Gasteiger partial charge in [-0.05, 0) is 31.0 Å². The van der Waals surface area contributed by atoms with Gasteiger partial charge in [0.2, 0.25) is 11.9 Å². The Bertz CT molecular complexity index is 895. The van der Waals surface area contributed by atoms with Crippen LogP contribution in [-0.2, 0) is 16.1 Å². The number of aromatic nitrogens is 4. The number of hydrogen-bond acceptors (Lipinski definition) is 5. The van der Waals surface area contributed by atoms with Crippen LogP contribution in [0.4, 0.5) is 5.95 Å². The topological polar surface area (TPSA) is 94.1 Å². The number of carbonyl (C=O) groups excluding carboxylic acids is 1. The highest BCUT2D eigenvalue weighted by Crippen LogP contribution is 2.27. The zero-order chi connectivity index (χ0) is 17.2. The Morgan fingerprint density at radius 1 is 1.48 bits per heavy atom. The molecule has 130 valence electrons. The van der Waals surface area contributed by atoms with Crippen molar-refractivity contribution in [3.63, 3.8) is 0 Å². The summed E-state index contributed by atoms with van der Waals surface area (Å²) in [6.07, 6.45) is 3.73. The standard InChI is InChI=1S/C17H19N5O3/c1-24-13-5-2-4-12-11(13)7-8-22(12)10-15(23)18-17-19-16(20-21-17)14-6-3-9-25-14/h2,4-5,7-8,14H,3,6,9-10H2,1H3,(H2,18,19,20,21,23)/t14-/m1/s1. The molecule has 8 nitrogen and oxygen atoms in total. The van der Waals surface area contributed by atoms with E-state index in [9.17, 15) is 4.79 Å². The van der Waals surface area contributed by atoms with E-state index in [4.69, 9.17) is 9.47 Å². The third-order valence-corrected chi connectivity index (χ3v) is 4.30. The summed E-state index contributed by atoms with van der Waals surface area (Å²) in [6.45, 7) is 0.900. The summed E-state index contributed by atoms with van der Waals surface area (Å²) in [4.78, 5) is 16.6. The van der Waals surface area contributed by atoms with Crippen LogP contribution in [0.2, 0.25) is 0 Å². The van der Waals surface area contributed by atoms with Crippen LogP contribution in [0.15, 0.2) is 30.5 Å². The van der Waals surface area contributed by atoms with Crippen molar-refractivity contribution in [2.75, 3.05) is 19.0 Å². The van der Waals surface area contributed by atoms with Crippen molar-refractivity contribution >= 4 is 22.8 Å². The second-order valence-corrected chi connectivity index (χ2v) is 5.93. The molecule has 2 N–H and O–H groups in total. The van der Waals surface area contributed by atoms with Gasteiger partial charge < -0.3 is 14.0 Å². The lowest BCUT2D eigenvalue weighted by atomic mass is 10.2. The highest BCUT2D eigenvalue weighted by atomic mass is 16.5. The maximum Gasteiger partial charge on any atom is 0.248 e. The minimum Gasteiger partial charge on any atom is -0.496 e. The molecule has 1 amide bonds. The summed E-state index contributed by atoms with van der Waals surface area (Å²) in [5.41, 5.74) is 0.935. The molecule has 8 heteroatoms. The fourth-order valence-corrected chi connectivity index (χ4v) is 3.10. The van der Waals surface area contributed by atoms with Gasteiger partial charge in [0.25, 0.3) is 0 Å². The molecule has 0 unspecified atom stereocenters. The summed E-state index contributed by atoms with van der Waals surface area (Å²) in [7, 11) is 1.63. The number of carbonyl (C=O) groups is 1. The molecule has 0 radical (unpaired) electrons. The predicted octanol–water partition coefficient (Wildman–Crippen LogP) is 2.26. The van der Waals surface area contributed by atoms with E-state index in [0.717, 1.165) is 36.1 Å². The lowest BCUT2D eigenvalue weighted by molar-refractivity contribution is -0.116. The van der Waals surface area contributed by atoms with E-state index in [0.29, 0.717) is 5.82 Å². The molecule has 1 aliphatic rings. The van der Waals surface area contributed by atoms with Gasteiger partial charge in [-0.2, -0.15) is 4.98 Å². The second kappa shape index (κ2) is 6.56. The average Bonchev–Trinajstić information content (AvgIpc) is 3.35. The molecule has 3 heterocycles. The molecule has 2 aromatic heterocycles. The van der Waals surface area contributed by atoms with E-state index in [1.807, 2.05) is 35.0 Å². The second-order valence-electron chi connectivity index (χ2n) is 5.93. The normalized spacial score (nSPS) is 17.1. The van der Waals surface area contributed by atoms with E-state index in [2.05, 4.69) is 20.5 Å². The minimum atomic E-state index is -0.196. The summed E-state index contributed by atoms with van der Waals surface area (Å²) in [5, 5.41) is 10.6. The molecule has 1 fully saturated rings. The van der Waals surface area contributed by atoms with Crippen molar-refractivity contribution in [1.82, 2.24) is 19.7 Å². The highest BCUT2D eigenvalue weighted by molar-refractivity contribution is 5.91. The van der Waals surface area contributed by atoms with Crippen LogP contribution in [0.5, 0.6) is 5.75 Å². The van der Waals surface area contributed by atoms with E-state index in [1.54, 1.807) is 7.11 Å². The van der Waals surface area contributed by atoms with Crippen molar-refractivity contribution in [1.29, 1.82) is 0 Å². The van der Waals surface area contributed by atoms with Crippen LogP contribution in [0.25, 0.3) is 10.9 Å². The first-order valence-electron chi connectivity index (χ1n) is 8.20. The summed E-state index contributed by atoms with van der Waals surface area (Å²) >= 11 is 0. The number of nitrogens with one attached hydrogen (secondary N) is 2. The zero-order valence-electron chi connectivity index (χ0n) is 13.9. The average molecular weight is 341 g/mol. The van der Waals surface area contributed by atoms with Gasteiger partial charge in [0.1, 0.15) is 18.4 Å². The maximum absolute atomic E-state index is 12.3. The number of benzene rings is 1. The van der Waals surface area contributed by atoms with Crippen molar-refractivity contribution in [3.8, 4) is 5.75 Å². The number of amides is 1. The number of rotatable bonds is 5. The van der Waals surface area contributed by atoms with Gasteiger partial charge >= 0.3 is 0 Å². The number of fused-ring (bicyclic) bond motifs is 1. The van der Waals surface area contributed by atoms with Crippen LogP contribution in [0, 0.1) is 0 Å². The summed E-state index contributed by atoms with van der Waals surface area (Å²) < 4.78 is 12.8. The van der Waals surface area contributed by atoms with Crippen LogP contribution < -0.4 is 10.1 Å². The Morgan fingerprint density at radius 3 is 3.20 bits per heavy atom. The molecule has 25 heavy (non-hydrogen) atoms. The van der Waals surface area contributed by atoms with Gasteiger partial charge in [0, 0.05) is 18.2 Å². The molecular formula is C17H19N5O3. The van der Waals surface area contributed by atoms with Crippen molar-refractivity contribution in [3.05, 3.63) is 36.3 Å². The molecule has 0 spiro atoms. The first-order chi connectivity index (χ1) is 12.2. The Kier molecular flexibility index (Phi) is 4.10. The first kappa shape index (κ1) is 15.6. The largest absolute Gasteiger partial charge is 0.496 e. The Balaban J connectivity index is 1.46. The highest BCUT2D eigenvalue weighted by Gasteiger charge is 2.21. The van der Waals surface area contributed by atoms with E-state index < -0.39 is 0 Å². The van der Waals surface area contributed by atoms with Gasteiger partial charge in [-0.1, -0.05) is 6.07 Å². The van der Waals surface area contributed by atoms with E-state index in [-0.39, 0.29) is 24.5 Å². The van der Waals surface area contributed by atoms with E-state index >= 15 is 0 Å². The Morgan fingerprint density at radius 2 is 2.40 bits per heavy atom. The minimum absolute atomic E-state index is 0.0565.